The van der Waals surface area contributed by atoms with Gasteiger partial charge in [-0.3, -0.25) is 4.79 Å². The lowest BCUT2D eigenvalue weighted by Gasteiger charge is -2.23. The molecule has 1 saturated heterocycles. The molecule has 0 aromatic heterocycles. The normalized spacial score (nSPS) is 17.8. The van der Waals surface area contributed by atoms with Crippen molar-refractivity contribution < 1.29 is 19.4 Å². The summed E-state index contributed by atoms with van der Waals surface area (Å²) in [5.41, 5.74) is 0.556. The SMILES string of the molecule is O=C(c1cc(F)ccc1C#CCO)N1CCCC1CO. The number of benzene rings is 1. The number of carbonyl (C=O) groups excluding carboxylic acids is 1. The molecular formula is C15H16FNO3. The van der Waals surface area contributed by atoms with Gasteiger partial charge in [-0.25, -0.2) is 4.39 Å². The van der Waals surface area contributed by atoms with Gasteiger partial charge in [-0.2, -0.15) is 0 Å². The van der Waals surface area contributed by atoms with Crippen molar-refractivity contribution in [1.29, 1.82) is 0 Å². The summed E-state index contributed by atoms with van der Waals surface area (Å²) in [6, 6.07) is 3.58. The number of aliphatic hydroxyl groups is 2. The molecule has 1 heterocycles. The van der Waals surface area contributed by atoms with Crippen molar-refractivity contribution in [3.8, 4) is 11.8 Å². The molecule has 2 rings (SSSR count). The first-order valence-electron chi connectivity index (χ1n) is 6.48. The first-order chi connectivity index (χ1) is 9.67. The van der Waals surface area contributed by atoms with Crippen LogP contribution in [0.5, 0.6) is 0 Å². The number of likely N-dealkylation sites (tertiary alicyclic amines) is 1. The van der Waals surface area contributed by atoms with E-state index < -0.39 is 5.82 Å². The van der Waals surface area contributed by atoms with Crippen molar-refractivity contribution in [2.24, 2.45) is 0 Å². The Bertz CT molecular complexity index is 562. The van der Waals surface area contributed by atoms with Gasteiger partial charge in [-0.05, 0) is 31.0 Å². The van der Waals surface area contributed by atoms with Crippen LogP contribution >= 0.6 is 0 Å². The topological polar surface area (TPSA) is 60.8 Å². The lowest BCUT2D eigenvalue weighted by molar-refractivity contribution is 0.0677. The van der Waals surface area contributed by atoms with E-state index in [0.717, 1.165) is 18.9 Å². The van der Waals surface area contributed by atoms with Gasteiger partial charge >= 0.3 is 0 Å². The Labute approximate surface area is 116 Å². The number of hydrogen-bond acceptors (Lipinski definition) is 3. The van der Waals surface area contributed by atoms with Gasteiger partial charge < -0.3 is 15.1 Å². The summed E-state index contributed by atoms with van der Waals surface area (Å²) in [7, 11) is 0. The van der Waals surface area contributed by atoms with Crippen molar-refractivity contribution in [2.75, 3.05) is 19.8 Å². The van der Waals surface area contributed by atoms with Crippen LogP contribution in [0.15, 0.2) is 18.2 Å². The molecule has 20 heavy (non-hydrogen) atoms. The zero-order valence-corrected chi connectivity index (χ0v) is 11.0. The Morgan fingerprint density at radius 2 is 2.25 bits per heavy atom. The molecule has 1 atom stereocenters. The smallest absolute Gasteiger partial charge is 0.255 e. The van der Waals surface area contributed by atoms with Crippen LogP contribution in [0.2, 0.25) is 0 Å². The second-order valence-electron chi connectivity index (χ2n) is 4.63. The number of halogens is 1. The van der Waals surface area contributed by atoms with Gasteiger partial charge in [-0.1, -0.05) is 11.8 Å². The molecule has 0 saturated carbocycles. The number of aliphatic hydroxyl groups excluding tert-OH is 2. The highest BCUT2D eigenvalue weighted by molar-refractivity contribution is 5.97. The van der Waals surface area contributed by atoms with Crippen LogP contribution in [0, 0.1) is 17.7 Å². The van der Waals surface area contributed by atoms with Crippen LogP contribution in [0.1, 0.15) is 28.8 Å². The minimum Gasteiger partial charge on any atom is -0.394 e. The van der Waals surface area contributed by atoms with E-state index in [1.54, 1.807) is 4.90 Å². The lowest BCUT2D eigenvalue weighted by Crippen LogP contribution is -2.38. The Hall–Kier alpha value is -1.90. The molecule has 0 bridgehead atoms. The van der Waals surface area contributed by atoms with Gasteiger partial charge in [0.2, 0.25) is 0 Å². The first-order valence-corrected chi connectivity index (χ1v) is 6.48. The van der Waals surface area contributed by atoms with Crippen LogP contribution in [0.25, 0.3) is 0 Å². The second-order valence-corrected chi connectivity index (χ2v) is 4.63. The fourth-order valence-electron chi connectivity index (χ4n) is 2.38. The summed E-state index contributed by atoms with van der Waals surface area (Å²) < 4.78 is 13.4. The van der Waals surface area contributed by atoms with E-state index in [2.05, 4.69) is 11.8 Å². The minimum absolute atomic E-state index is 0.0985. The average Bonchev–Trinajstić information content (AvgIpc) is 2.93. The van der Waals surface area contributed by atoms with E-state index in [1.807, 2.05) is 0 Å². The Balaban J connectivity index is 2.35. The van der Waals surface area contributed by atoms with Crippen molar-refractivity contribution in [2.45, 2.75) is 18.9 Å². The molecule has 4 nitrogen and oxygen atoms in total. The predicted octanol–water partition coefficient (Wildman–Crippen LogP) is 0.766. The molecule has 1 aliphatic rings. The van der Waals surface area contributed by atoms with Crippen molar-refractivity contribution in [3.63, 3.8) is 0 Å². The van der Waals surface area contributed by atoms with E-state index in [-0.39, 0.29) is 30.7 Å². The maximum atomic E-state index is 13.4. The second kappa shape index (κ2) is 6.51. The third kappa shape index (κ3) is 2.98. The highest BCUT2D eigenvalue weighted by Gasteiger charge is 2.29. The maximum Gasteiger partial charge on any atom is 0.255 e. The van der Waals surface area contributed by atoms with E-state index in [4.69, 9.17) is 5.11 Å². The molecule has 1 aliphatic heterocycles. The number of rotatable bonds is 2. The molecular weight excluding hydrogens is 261 g/mol. The van der Waals surface area contributed by atoms with E-state index >= 15 is 0 Å². The van der Waals surface area contributed by atoms with E-state index in [1.165, 1.54) is 12.1 Å². The fraction of sp³-hybridized carbons (Fsp3) is 0.400. The number of carbonyl (C=O) groups is 1. The van der Waals surface area contributed by atoms with Crippen LogP contribution in [0.3, 0.4) is 0 Å². The van der Waals surface area contributed by atoms with Crippen molar-refractivity contribution in [1.82, 2.24) is 4.90 Å². The molecule has 2 N–H and O–H groups in total. The molecule has 1 fully saturated rings. The van der Waals surface area contributed by atoms with Crippen LogP contribution in [-0.2, 0) is 0 Å². The quantitative estimate of drug-likeness (QED) is 0.785. The minimum atomic E-state index is -0.511. The largest absolute Gasteiger partial charge is 0.394 e. The van der Waals surface area contributed by atoms with Gasteiger partial charge in [0.25, 0.3) is 5.91 Å². The number of hydrogen-bond donors (Lipinski definition) is 2. The van der Waals surface area contributed by atoms with Gasteiger partial charge in [0.05, 0.1) is 18.2 Å². The summed E-state index contributed by atoms with van der Waals surface area (Å²) >= 11 is 0. The van der Waals surface area contributed by atoms with Crippen LogP contribution < -0.4 is 0 Å². The van der Waals surface area contributed by atoms with Gasteiger partial charge in [0.1, 0.15) is 12.4 Å². The molecule has 0 aliphatic carbocycles. The van der Waals surface area contributed by atoms with Gasteiger partial charge in [-0.15, -0.1) is 0 Å². The number of amides is 1. The first kappa shape index (κ1) is 14.5. The third-order valence-electron chi connectivity index (χ3n) is 3.36. The van der Waals surface area contributed by atoms with Gasteiger partial charge in [0.15, 0.2) is 0 Å². The molecule has 0 spiro atoms. The van der Waals surface area contributed by atoms with Gasteiger partial charge in [0, 0.05) is 12.1 Å². The number of nitrogens with zero attached hydrogens (tertiary/aromatic N) is 1. The summed E-state index contributed by atoms with van der Waals surface area (Å²) in [6.45, 7) is 0.125. The van der Waals surface area contributed by atoms with Crippen molar-refractivity contribution >= 4 is 5.91 Å². The Kier molecular flexibility index (Phi) is 4.72. The summed E-state index contributed by atoms with van der Waals surface area (Å²) in [4.78, 5) is 14.0. The molecule has 1 aromatic carbocycles. The van der Waals surface area contributed by atoms with Crippen LogP contribution in [0.4, 0.5) is 4.39 Å². The molecule has 106 valence electrons. The van der Waals surface area contributed by atoms with Crippen LogP contribution in [-0.4, -0.2) is 46.8 Å². The Morgan fingerprint density at radius 3 is 2.95 bits per heavy atom. The molecule has 0 radical (unpaired) electrons. The average molecular weight is 277 g/mol. The summed E-state index contributed by atoms with van der Waals surface area (Å²) in [6.07, 6.45) is 1.57. The predicted molar refractivity (Wildman–Crippen MR) is 71.5 cm³/mol. The van der Waals surface area contributed by atoms with E-state index in [9.17, 15) is 14.3 Å². The Morgan fingerprint density at radius 1 is 1.45 bits per heavy atom. The molecule has 1 aromatic rings. The lowest BCUT2D eigenvalue weighted by atomic mass is 10.1. The van der Waals surface area contributed by atoms with Crippen molar-refractivity contribution in [3.05, 3.63) is 35.1 Å². The maximum absolute atomic E-state index is 13.4. The molecule has 1 amide bonds. The molecule has 5 heteroatoms. The highest BCUT2D eigenvalue weighted by atomic mass is 19.1. The third-order valence-corrected chi connectivity index (χ3v) is 3.36. The summed E-state index contributed by atoms with van der Waals surface area (Å²) in [5.74, 6) is 4.27. The monoisotopic (exact) mass is 277 g/mol. The zero-order valence-electron chi connectivity index (χ0n) is 11.0. The molecule has 1 unspecified atom stereocenters. The standard InChI is InChI=1S/C15H16FNO3/c16-12-6-5-11(3-2-8-18)14(9-12)15(20)17-7-1-4-13(17)10-19/h5-6,9,13,18-19H,1,4,7-8,10H2. The zero-order chi connectivity index (χ0) is 14.5. The highest BCUT2D eigenvalue weighted by Crippen LogP contribution is 2.21. The van der Waals surface area contributed by atoms with E-state index in [0.29, 0.717) is 12.1 Å². The fourth-order valence-corrected chi connectivity index (χ4v) is 2.38. The summed E-state index contributed by atoms with van der Waals surface area (Å²) in [5, 5.41) is 18.0.